The van der Waals surface area contributed by atoms with Gasteiger partial charge in [-0.2, -0.15) is 0 Å². The molecular formula is C4H5Re-. The minimum atomic E-state index is 0. The third-order valence-electron chi connectivity index (χ3n) is 0.177. The van der Waals surface area contributed by atoms with Gasteiger partial charge >= 0.3 is 0 Å². The minimum absolute atomic E-state index is 0. The second kappa shape index (κ2) is 8.88. The van der Waals surface area contributed by atoms with Gasteiger partial charge in [0.05, 0.1) is 0 Å². The monoisotopic (exact) mass is 240 g/mol. The van der Waals surface area contributed by atoms with Crippen molar-refractivity contribution in [3.05, 3.63) is 6.42 Å². The molecule has 0 atom stereocenters. The molecule has 0 amide bonds. The van der Waals surface area contributed by atoms with Crippen molar-refractivity contribution >= 4 is 0 Å². The minimum Gasteiger partial charge on any atom is -0.694 e. The zero-order valence-electron chi connectivity index (χ0n) is 3.09. The van der Waals surface area contributed by atoms with Crippen LogP contribution in [0.1, 0.15) is 13.3 Å². The van der Waals surface area contributed by atoms with Crippen LogP contribution in [0.2, 0.25) is 0 Å². The predicted molar refractivity (Wildman–Crippen MR) is 17.4 cm³/mol. The van der Waals surface area contributed by atoms with Crippen LogP contribution in [-0.4, -0.2) is 0 Å². The van der Waals surface area contributed by atoms with Crippen molar-refractivity contribution in [2.75, 3.05) is 0 Å². The maximum atomic E-state index is 6.20. The smallest absolute Gasteiger partial charge is 0 e. The van der Waals surface area contributed by atoms with Gasteiger partial charge in [-0.3, -0.25) is 0 Å². The molecule has 0 aromatic carbocycles. The molecule has 1 radical (unpaired) electrons. The normalized spacial score (nSPS) is 4.00. The van der Waals surface area contributed by atoms with E-state index >= 15 is 0 Å². The van der Waals surface area contributed by atoms with E-state index in [0.717, 1.165) is 6.42 Å². The van der Waals surface area contributed by atoms with E-state index in [1.54, 1.807) is 0 Å². The summed E-state index contributed by atoms with van der Waals surface area (Å²) >= 11 is 0. The van der Waals surface area contributed by atoms with Crippen molar-refractivity contribution in [2.45, 2.75) is 13.3 Å². The van der Waals surface area contributed by atoms with Crippen molar-refractivity contribution in [2.24, 2.45) is 0 Å². The van der Waals surface area contributed by atoms with Crippen molar-refractivity contribution < 1.29 is 20.4 Å². The largest absolute Gasteiger partial charge is 0.694 e. The summed E-state index contributed by atoms with van der Waals surface area (Å²) in [4.78, 5) is 0. The summed E-state index contributed by atoms with van der Waals surface area (Å²) in [6.07, 6.45) is 6.94. The Morgan fingerprint density at radius 3 is 2.00 bits per heavy atom. The van der Waals surface area contributed by atoms with Gasteiger partial charge in [-0.05, 0) is 6.42 Å². The van der Waals surface area contributed by atoms with E-state index in [4.69, 9.17) is 6.42 Å². The molecule has 0 N–H and O–H groups in total. The van der Waals surface area contributed by atoms with Crippen molar-refractivity contribution in [3.63, 3.8) is 0 Å². The molecule has 1 heteroatoms. The number of hydrogen-bond acceptors (Lipinski definition) is 0. The van der Waals surface area contributed by atoms with Crippen LogP contribution in [0.4, 0.5) is 0 Å². The predicted octanol–water partition coefficient (Wildman–Crippen LogP) is 0.984. The van der Waals surface area contributed by atoms with Crippen LogP contribution in [-0.2, 0) is 20.4 Å². The van der Waals surface area contributed by atoms with Gasteiger partial charge in [0.25, 0.3) is 0 Å². The first-order valence-corrected chi connectivity index (χ1v) is 1.31. The van der Waals surface area contributed by atoms with Crippen LogP contribution < -0.4 is 0 Å². The Labute approximate surface area is 46.6 Å². The number of hydrogen-bond donors (Lipinski definition) is 0. The van der Waals surface area contributed by atoms with Gasteiger partial charge in [-0.25, -0.2) is 0 Å². The van der Waals surface area contributed by atoms with E-state index < -0.39 is 0 Å². The summed E-state index contributed by atoms with van der Waals surface area (Å²) in [6.45, 7) is 1.88. The Morgan fingerprint density at radius 1 is 1.80 bits per heavy atom. The summed E-state index contributed by atoms with van der Waals surface area (Å²) in [5, 5.41) is 0. The summed E-state index contributed by atoms with van der Waals surface area (Å²) in [5.74, 6) is 2.18. The molecule has 0 saturated carbocycles. The van der Waals surface area contributed by atoms with E-state index in [-0.39, 0.29) is 20.4 Å². The first-order chi connectivity index (χ1) is 1.91. The molecule has 0 aliphatic heterocycles. The number of rotatable bonds is 0. The second-order valence-electron chi connectivity index (χ2n) is 0.530. The molecule has 0 unspecified atom stereocenters. The molecule has 5 heavy (non-hydrogen) atoms. The molecule has 0 heterocycles. The average Bonchev–Trinajstić information content (AvgIpc) is 1.37. The van der Waals surface area contributed by atoms with Gasteiger partial charge in [0.2, 0.25) is 0 Å². The first-order valence-electron chi connectivity index (χ1n) is 1.31. The Balaban J connectivity index is 0. The third-order valence-corrected chi connectivity index (χ3v) is 0.177. The first kappa shape index (κ1) is 8.97. The molecule has 0 aromatic heterocycles. The standard InChI is InChI=1S/C4H5.Re/c1-3-4-2;/h3H2,1H3;/q-1;. The van der Waals surface area contributed by atoms with Crippen LogP contribution in [0, 0.1) is 12.3 Å². The van der Waals surface area contributed by atoms with Crippen molar-refractivity contribution in [3.8, 4) is 5.92 Å². The Kier molecular flexibility index (Phi) is 15.9. The molecule has 0 aromatic rings. The van der Waals surface area contributed by atoms with E-state index in [9.17, 15) is 0 Å². The molecule has 0 aliphatic carbocycles. The summed E-state index contributed by atoms with van der Waals surface area (Å²) in [5.41, 5.74) is 0. The van der Waals surface area contributed by atoms with E-state index in [0.29, 0.717) is 0 Å². The maximum absolute atomic E-state index is 6.20. The van der Waals surface area contributed by atoms with Crippen LogP contribution in [0.15, 0.2) is 0 Å². The van der Waals surface area contributed by atoms with Gasteiger partial charge in [-0.1, -0.05) is 6.92 Å². The SMILES string of the molecule is [C-]#CCC.[Re]. The molecule has 0 bridgehead atoms. The van der Waals surface area contributed by atoms with Gasteiger partial charge in [0, 0.05) is 20.4 Å². The van der Waals surface area contributed by atoms with E-state index in [2.05, 4.69) is 5.92 Å². The molecule has 0 rings (SSSR count). The fourth-order valence-corrected chi connectivity index (χ4v) is 0. The molecule has 29 valence electrons. The zero-order chi connectivity index (χ0) is 3.41. The summed E-state index contributed by atoms with van der Waals surface area (Å²) < 4.78 is 0. The molecule has 0 nitrogen and oxygen atoms in total. The Bertz CT molecular complexity index is 33.4. The zero-order valence-corrected chi connectivity index (χ0v) is 5.80. The quantitative estimate of drug-likeness (QED) is 0.437. The molecular weight excluding hydrogens is 234 g/mol. The van der Waals surface area contributed by atoms with Gasteiger partial charge in [0.15, 0.2) is 0 Å². The molecule has 0 spiro atoms. The van der Waals surface area contributed by atoms with Crippen LogP contribution >= 0.6 is 0 Å². The molecule has 0 aliphatic rings. The van der Waals surface area contributed by atoms with Crippen LogP contribution in [0.25, 0.3) is 0 Å². The Morgan fingerprint density at radius 2 is 2.00 bits per heavy atom. The summed E-state index contributed by atoms with van der Waals surface area (Å²) in [7, 11) is 0. The molecule has 0 fully saturated rings. The van der Waals surface area contributed by atoms with Gasteiger partial charge in [-0.15, -0.1) is 0 Å². The Hall–Kier alpha value is 0.222. The third kappa shape index (κ3) is 14.0. The van der Waals surface area contributed by atoms with E-state index in [1.165, 1.54) is 0 Å². The fourth-order valence-electron chi connectivity index (χ4n) is 0. The van der Waals surface area contributed by atoms with Crippen molar-refractivity contribution in [1.29, 1.82) is 0 Å². The van der Waals surface area contributed by atoms with Crippen LogP contribution in [0.3, 0.4) is 0 Å². The van der Waals surface area contributed by atoms with E-state index in [1.807, 2.05) is 6.92 Å². The van der Waals surface area contributed by atoms with Gasteiger partial charge in [0.1, 0.15) is 0 Å². The maximum Gasteiger partial charge on any atom is 0 e. The van der Waals surface area contributed by atoms with Crippen LogP contribution in [0.5, 0.6) is 0 Å². The topological polar surface area (TPSA) is 0 Å². The second-order valence-corrected chi connectivity index (χ2v) is 0.530. The molecule has 0 saturated heterocycles. The van der Waals surface area contributed by atoms with Gasteiger partial charge < -0.3 is 12.3 Å². The average molecular weight is 239 g/mol. The fraction of sp³-hybridized carbons (Fsp3) is 0.500. The van der Waals surface area contributed by atoms with Crippen molar-refractivity contribution in [1.82, 2.24) is 0 Å². The summed E-state index contributed by atoms with van der Waals surface area (Å²) in [6, 6.07) is 0.